The molecular formula is C46H56N4O9. The number of para-hydroxylation sites is 1. The van der Waals surface area contributed by atoms with Crippen molar-refractivity contribution >= 4 is 34.5 Å². The second-order valence-electron chi connectivity index (χ2n) is 18.3. The Morgan fingerprint density at radius 2 is 1.78 bits per heavy atom. The third-order valence-corrected chi connectivity index (χ3v) is 16.0. The number of nitrogens with zero attached hydrogens (tertiary/aromatic N) is 3. The van der Waals surface area contributed by atoms with E-state index in [1.807, 2.05) is 37.1 Å². The van der Waals surface area contributed by atoms with Crippen LogP contribution in [0.4, 0.5) is 5.69 Å². The lowest BCUT2D eigenvalue weighted by molar-refractivity contribution is -0.228. The zero-order valence-electron chi connectivity index (χ0n) is 35.1. The van der Waals surface area contributed by atoms with Gasteiger partial charge in [-0.2, -0.15) is 0 Å². The molecule has 3 aromatic rings. The van der Waals surface area contributed by atoms with Crippen molar-refractivity contribution in [2.45, 2.75) is 99.2 Å². The minimum atomic E-state index is -2.29. The predicted octanol–water partition coefficient (Wildman–Crippen LogP) is 4.01. The Kier molecular flexibility index (Phi) is 8.56. The normalized spacial score (nSPS) is 38.7. The van der Waals surface area contributed by atoms with Gasteiger partial charge in [-0.25, -0.2) is 4.79 Å². The van der Waals surface area contributed by atoms with Crippen molar-refractivity contribution in [3.8, 4) is 5.75 Å². The molecule has 10 rings (SSSR count). The molecular weight excluding hydrogens is 753 g/mol. The van der Waals surface area contributed by atoms with Crippen LogP contribution in [0.1, 0.15) is 68.8 Å². The molecule has 1 spiro atoms. The van der Waals surface area contributed by atoms with Gasteiger partial charge in [-0.15, -0.1) is 0 Å². The van der Waals surface area contributed by atoms with Gasteiger partial charge in [0, 0.05) is 96.9 Å². The maximum atomic E-state index is 15.4. The van der Waals surface area contributed by atoms with Crippen LogP contribution in [0.15, 0.2) is 48.6 Å². The van der Waals surface area contributed by atoms with Gasteiger partial charge >= 0.3 is 17.9 Å². The Bertz CT molecular complexity index is 2310. The molecule has 6 aliphatic heterocycles. The number of piperidine rings is 1. The summed E-state index contributed by atoms with van der Waals surface area (Å²) in [6.07, 6.45) is 5.94. The number of aromatic amines is 1. The molecule has 2 aromatic carbocycles. The lowest BCUT2D eigenvalue weighted by Crippen LogP contribution is -2.81. The number of benzene rings is 2. The van der Waals surface area contributed by atoms with Crippen molar-refractivity contribution in [3.63, 3.8) is 0 Å². The van der Waals surface area contributed by atoms with E-state index >= 15 is 4.79 Å². The molecule has 13 nitrogen and oxygen atoms in total. The number of fused-ring (bicyclic) bond motifs is 8. The molecule has 13 heteroatoms. The summed E-state index contributed by atoms with van der Waals surface area (Å²) in [5.41, 5.74) is -0.627. The van der Waals surface area contributed by atoms with Crippen LogP contribution in [-0.4, -0.2) is 134 Å². The minimum Gasteiger partial charge on any atom is -0.496 e. The molecule has 1 saturated carbocycles. The maximum absolute atomic E-state index is 15.4. The molecule has 0 amide bonds. The number of rotatable bonds is 7. The molecule has 3 saturated heterocycles. The number of epoxide rings is 1. The van der Waals surface area contributed by atoms with Crippen molar-refractivity contribution in [3.05, 3.63) is 70.9 Å². The SMILES string of the molecule is CC[C@]12CN3CCc4c([nH]c5ccccc45)[C@](C(=O)OC)(c4cc5c(cc4OC)N(C)[C@@H]4[C@](O)(C(=O)OC)[C@H](OC(C)=O)[C@]6(CC)C=CCN7CC[C@@]54[C@H]76)C[C@@H](C3)[C@@H]1O2. The fourth-order valence-electron chi connectivity index (χ4n) is 13.9. The van der Waals surface area contributed by atoms with Gasteiger partial charge < -0.3 is 38.7 Å². The molecule has 2 bridgehead atoms. The highest BCUT2D eigenvalue weighted by atomic mass is 16.6. The summed E-state index contributed by atoms with van der Waals surface area (Å²) < 4.78 is 30.7. The van der Waals surface area contributed by atoms with Gasteiger partial charge in [0.2, 0.25) is 5.60 Å². The lowest BCUT2D eigenvalue weighted by atomic mass is 9.47. The molecule has 11 atom stereocenters. The van der Waals surface area contributed by atoms with Crippen LogP contribution in [0, 0.1) is 11.3 Å². The van der Waals surface area contributed by atoms with E-state index < -0.39 is 51.9 Å². The number of anilines is 1. The summed E-state index contributed by atoms with van der Waals surface area (Å²) in [5, 5.41) is 14.4. The number of nitrogens with one attached hydrogen (secondary N) is 1. The van der Waals surface area contributed by atoms with Crippen LogP contribution in [0.2, 0.25) is 0 Å². The maximum Gasteiger partial charge on any atom is 0.344 e. The Morgan fingerprint density at radius 1 is 1.00 bits per heavy atom. The number of aromatic nitrogens is 1. The van der Waals surface area contributed by atoms with E-state index in [1.54, 1.807) is 7.11 Å². The van der Waals surface area contributed by atoms with Crippen molar-refractivity contribution < 1.29 is 43.2 Å². The number of esters is 3. The first kappa shape index (κ1) is 38.8. The second kappa shape index (κ2) is 13.0. The van der Waals surface area contributed by atoms with Crippen LogP contribution in [0.3, 0.4) is 0 Å². The number of H-pyrrole nitrogens is 1. The van der Waals surface area contributed by atoms with E-state index in [0.717, 1.165) is 59.5 Å². The zero-order valence-corrected chi connectivity index (χ0v) is 35.1. The van der Waals surface area contributed by atoms with E-state index in [9.17, 15) is 14.7 Å². The number of likely N-dealkylation sites (N-methyl/N-ethyl adjacent to an activating group) is 1. The molecule has 59 heavy (non-hydrogen) atoms. The van der Waals surface area contributed by atoms with Crippen molar-refractivity contribution in [2.24, 2.45) is 11.3 Å². The van der Waals surface area contributed by atoms with Crippen molar-refractivity contribution in [1.82, 2.24) is 14.8 Å². The third kappa shape index (κ3) is 4.73. The average molecular weight is 809 g/mol. The van der Waals surface area contributed by atoms with Gasteiger partial charge in [0.05, 0.1) is 33.5 Å². The van der Waals surface area contributed by atoms with E-state index in [-0.39, 0.29) is 23.7 Å². The summed E-state index contributed by atoms with van der Waals surface area (Å²) in [6.45, 7) is 9.32. The van der Waals surface area contributed by atoms with Crippen LogP contribution in [0.25, 0.3) is 10.9 Å². The Labute approximate surface area is 344 Å². The largest absolute Gasteiger partial charge is 0.496 e. The third-order valence-electron chi connectivity index (χ3n) is 16.0. The highest BCUT2D eigenvalue weighted by molar-refractivity contribution is 5.95. The molecule has 1 aliphatic carbocycles. The smallest absolute Gasteiger partial charge is 0.344 e. The molecule has 314 valence electrons. The van der Waals surface area contributed by atoms with E-state index in [1.165, 1.54) is 21.1 Å². The van der Waals surface area contributed by atoms with Gasteiger partial charge in [0.15, 0.2) is 6.10 Å². The number of hydrogen-bond acceptors (Lipinski definition) is 12. The first-order chi connectivity index (χ1) is 28.3. The molecule has 1 aromatic heterocycles. The van der Waals surface area contributed by atoms with Gasteiger partial charge in [-0.1, -0.05) is 44.2 Å². The topological polar surface area (TPSA) is 146 Å². The molecule has 4 fully saturated rings. The standard InChI is InChI=1S/C46H56N4O9/c1-8-42-16-12-18-50-20-17-44(37(42)50)30-21-31(34(55-5)22-33(30)48(4)38(44)46(54,41(53)57-7)39(42)58-26(3)51)45(40(52)56-6)23-27-24-49(25-43(9-2)36(27)59-43)19-15-29-28-13-10-11-14-32(28)47-35(29)45/h10-14,16,21-22,27,36-39,47,54H,8-9,15,17-20,23-25H2,1-7H3/t27-,36-,37+,38-,39+,42+,43-,44-,45+,46+/m0/s1. The summed E-state index contributed by atoms with van der Waals surface area (Å²) in [7, 11) is 6.23. The van der Waals surface area contributed by atoms with Crippen LogP contribution < -0.4 is 9.64 Å². The quantitative estimate of drug-likeness (QED) is 0.154. The van der Waals surface area contributed by atoms with Gasteiger partial charge in [-0.05, 0) is 61.9 Å². The number of carbonyl (C=O) groups is 3. The molecule has 7 aliphatic rings. The minimum absolute atomic E-state index is 0.00603. The summed E-state index contributed by atoms with van der Waals surface area (Å²) in [5.74, 6) is -1.37. The number of aliphatic hydroxyl groups is 1. The zero-order chi connectivity index (χ0) is 41.4. The summed E-state index contributed by atoms with van der Waals surface area (Å²) >= 11 is 0. The molecule has 1 unspecified atom stereocenters. The molecule has 7 heterocycles. The van der Waals surface area contributed by atoms with E-state index in [0.29, 0.717) is 50.1 Å². The molecule has 0 radical (unpaired) electrons. The number of ether oxygens (including phenoxy) is 5. The Morgan fingerprint density at radius 3 is 2.49 bits per heavy atom. The van der Waals surface area contributed by atoms with Crippen molar-refractivity contribution in [1.29, 1.82) is 0 Å². The second-order valence-corrected chi connectivity index (χ2v) is 18.3. The number of carbonyl (C=O) groups excluding carboxylic acids is 3. The fourth-order valence-corrected chi connectivity index (χ4v) is 13.9. The average Bonchev–Trinajstić information content (AvgIpc) is 3.53. The fraction of sp³-hybridized carbons (Fsp3) is 0.587. The van der Waals surface area contributed by atoms with Gasteiger partial charge in [-0.3, -0.25) is 19.4 Å². The van der Waals surface area contributed by atoms with Crippen LogP contribution in [-0.2, 0) is 50.6 Å². The number of methoxy groups -OCH3 is 3. The Balaban J connectivity index is 1.28. The first-order valence-electron chi connectivity index (χ1n) is 21.3. The Hall–Kier alpha value is -4.43. The predicted molar refractivity (Wildman–Crippen MR) is 218 cm³/mol. The monoisotopic (exact) mass is 808 g/mol. The highest BCUT2D eigenvalue weighted by Crippen LogP contribution is 2.68. The summed E-state index contributed by atoms with van der Waals surface area (Å²) in [6, 6.07) is 11.2. The van der Waals surface area contributed by atoms with Gasteiger partial charge in [0.1, 0.15) is 16.8 Å². The van der Waals surface area contributed by atoms with Crippen LogP contribution in [0.5, 0.6) is 5.75 Å². The van der Waals surface area contributed by atoms with Crippen LogP contribution >= 0.6 is 0 Å². The molecule has 2 N–H and O–H groups in total. The van der Waals surface area contributed by atoms with E-state index in [2.05, 4.69) is 52.1 Å². The summed E-state index contributed by atoms with van der Waals surface area (Å²) in [4.78, 5) is 53.5. The van der Waals surface area contributed by atoms with E-state index in [4.69, 9.17) is 23.7 Å². The van der Waals surface area contributed by atoms with Crippen molar-refractivity contribution in [2.75, 3.05) is 66.0 Å². The van der Waals surface area contributed by atoms with Gasteiger partial charge in [0.25, 0.3) is 0 Å². The lowest BCUT2D eigenvalue weighted by Gasteiger charge is -2.63. The number of hydrogen-bond donors (Lipinski definition) is 2. The first-order valence-corrected chi connectivity index (χ1v) is 21.3. The highest BCUT2D eigenvalue weighted by Gasteiger charge is 2.80.